The highest BCUT2D eigenvalue weighted by Gasteiger charge is 2.32. The highest BCUT2D eigenvalue weighted by Crippen LogP contribution is 2.44. The highest BCUT2D eigenvalue weighted by molar-refractivity contribution is 9.10. The summed E-state index contributed by atoms with van der Waals surface area (Å²) < 4.78 is 34.0. The van der Waals surface area contributed by atoms with Gasteiger partial charge in [-0.3, -0.25) is 0 Å². The van der Waals surface area contributed by atoms with Crippen molar-refractivity contribution >= 4 is 44.5 Å². The lowest BCUT2D eigenvalue weighted by molar-refractivity contribution is -0.0506. The number of para-hydroxylation sites is 2. The summed E-state index contributed by atoms with van der Waals surface area (Å²) in [6.07, 6.45) is 0.621. The lowest BCUT2D eigenvalue weighted by Crippen LogP contribution is -2.27. The van der Waals surface area contributed by atoms with E-state index in [4.69, 9.17) is 21.3 Å². The zero-order valence-electron chi connectivity index (χ0n) is 16.1. The second-order valence-electron chi connectivity index (χ2n) is 7.35. The third-order valence-electron chi connectivity index (χ3n) is 5.49. The Morgan fingerprint density at radius 1 is 1.10 bits per heavy atom. The van der Waals surface area contributed by atoms with E-state index in [1.54, 1.807) is 12.1 Å². The van der Waals surface area contributed by atoms with E-state index in [1.807, 2.05) is 36.4 Å². The number of aromatic nitrogens is 2. The van der Waals surface area contributed by atoms with Crippen molar-refractivity contribution in [1.82, 2.24) is 9.55 Å². The minimum Gasteiger partial charge on any atom is -0.434 e. The smallest absolute Gasteiger partial charge is 0.387 e. The van der Waals surface area contributed by atoms with Gasteiger partial charge in [-0.15, -0.1) is 0 Å². The van der Waals surface area contributed by atoms with Crippen LogP contribution in [0.4, 0.5) is 14.7 Å². The first-order valence-electron chi connectivity index (χ1n) is 9.73. The van der Waals surface area contributed by atoms with E-state index in [-0.39, 0.29) is 17.8 Å². The van der Waals surface area contributed by atoms with Gasteiger partial charge in [0.2, 0.25) is 5.95 Å². The Morgan fingerprint density at radius 3 is 2.65 bits per heavy atom. The van der Waals surface area contributed by atoms with Crippen LogP contribution in [0.2, 0.25) is 5.02 Å². The van der Waals surface area contributed by atoms with Gasteiger partial charge in [0, 0.05) is 15.1 Å². The summed E-state index contributed by atoms with van der Waals surface area (Å²) in [6, 6.07) is 20.6. The predicted molar refractivity (Wildman–Crippen MR) is 121 cm³/mol. The van der Waals surface area contributed by atoms with E-state index in [0.29, 0.717) is 23.0 Å². The third-order valence-corrected chi connectivity index (χ3v) is 6.26. The Hall–Kier alpha value is -2.64. The maximum Gasteiger partial charge on any atom is 0.387 e. The van der Waals surface area contributed by atoms with Gasteiger partial charge in [0.15, 0.2) is 0 Å². The van der Waals surface area contributed by atoms with Crippen molar-refractivity contribution in [2.75, 3.05) is 5.32 Å². The Morgan fingerprint density at radius 2 is 1.87 bits per heavy atom. The third kappa shape index (κ3) is 3.88. The highest BCUT2D eigenvalue weighted by atomic mass is 79.9. The molecule has 0 bridgehead atoms. The lowest BCUT2D eigenvalue weighted by atomic mass is 9.92. The molecule has 4 aromatic rings. The van der Waals surface area contributed by atoms with Crippen molar-refractivity contribution in [3.63, 3.8) is 0 Å². The number of alkyl halides is 2. The van der Waals surface area contributed by atoms with Crippen molar-refractivity contribution in [1.29, 1.82) is 0 Å². The second kappa shape index (κ2) is 8.13. The van der Waals surface area contributed by atoms with Crippen molar-refractivity contribution < 1.29 is 13.5 Å². The number of ether oxygens (including phenoxy) is 1. The molecular formula is C23H17BrClF2N3O. The Kier molecular flexibility index (Phi) is 5.32. The fraction of sp³-hybridized carbons (Fsp3) is 0.174. The number of anilines is 1. The molecule has 3 aromatic carbocycles. The SMILES string of the molecule is FC(F)Oc1cc(Cl)ccc1[C@H]1C[C@H](c2ccc(Br)cc2)n2c(nc3ccccc32)N1. The van der Waals surface area contributed by atoms with Crippen molar-refractivity contribution in [2.24, 2.45) is 0 Å². The number of benzene rings is 3. The van der Waals surface area contributed by atoms with Gasteiger partial charge in [-0.25, -0.2) is 4.98 Å². The normalized spacial score (nSPS) is 18.1. The van der Waals surface area contributed by atoms with Gasteiger partial charge in [0.1, 0.15) is 5.75 Å². The fourth-order valence-corrected chi connectivity index (χ4v) is 4.60. The van der Waals surface area contributed by atoms with Crippen LogP contribution < -0.4 is 10.1 Å². The lowest BCUT2D eigenvalue weighted by Gasteiger charge is -2.34. The van der Waals surface area contributed by atoms with E-state index in [2.05, 4.69) is 37.9 Å². The van der Waals surface area contributed by atoms with Gasteiger partial charge in [0.05, 0.1) is 23.1 Å². The first-order chi connectivity index (χ1) is 15.0. The van der Waals surface area contributed by atoms with Crippen LogP contribution in [0.5, 0.6) is 5.75 Å². The van der Waals surface area contributed by atoms with Crippen LogP contribution in [0.25, 0.3) is 11.0 Å². The number of nitrogens with zero attached hydrogens (tertiary/aromatic N) is 2. The van der Waals surface area contributed by atoms with Crippen LogP contribution in [-0.2, 0) is 0 Å². The number of halogens is 4. The van der Waals surface area contributed by atoms with Crippen LogP contribution in [0, 0.1) is 0 Å². The molecule has 1 N–H and O–H groups in total. The number of nitrogens with one attached hydrogen (secondary N) is 1. The van der Waals surface area contributed by atoms with Gasteiger partial charge in [-0.1, -0.05) is 57.9 Å². The van der Waals surface area contributed by atoms with Crippen molar-refractivity contribution in [2.45, 2.75) is 25.1 Å². The summed E-state index contributed by atoms with van der Waals surface area (Å²) >= 11 is 9.54. The largest absolute Gasteiger partial charge is 0.434 e. The molecule has 1 aliphatic rings. The van der Waals surface area contributed by atoms with E-state index < -0.39 is 6.61 Å². The first kappa shape index (κ1) is 20.3. The van der Waals surface area contributed by atoms with Crippen LogP contribution in [0.3, 0.4) is 0 Å². The minimum absolute atomic E-state index is 0.0446. The van der Waals surface area contributed by atoms with Gasteiger partial charge < -0.3 is 14.6 Å². The van der Waals surface area contributed by atoms with Crippen LogP contribution in [0.1, 0.15) is 29.6 Å². The van der Waals surface area contributed by atoms with Crippen LogP contribution in [0.15, 0.2) is 71.2 Å². The van der Waals surface area contributed by atoms with Gasteiger partial charge in [-0.2, -0.15) is 8.78 Å². The van der Waals surface area contributed by atoms with Crippen LogP contribution >= 0.6 is 27.5 Å². The molecule has 2 atom stereocenters. The van der Waals surface area contributed by atoms with E-state index in [9.17, 15) is 8.78 Å². The van der Waals surface area contributed by atoms with Crippen LogP contribution in [-0.4, -0.2) is 16.2 Å². The molecule has 0 saturated heterocycles. The summed E-state index contributed by atoms with van der Waals surface area (Å²) in [6.45, 7) is -2.94. The molecule has 1 aromatic heterocycles. The van der Waals surface area contributed by atoms with Crippen molar-refractivity contribution in [3.05, 3.63) is 87.4 Å². The number of hydrogen-bond donors (Lipinski definition) is 1. The average molecular weight is 505 g/mol. The topological polar surface area (TPSA) is 39.1 Å². The van der Waals surface area contributed by atoms with Crippen molar-refractivity contribution in [3.8, 4) is 5.75 Å². The molecule has 0 spiro atoms. The average Bonchev–Trinajstić information content (AvgIpc) is 3.12. The number of fused-ring (bicyclic) bond motifs is 3. The van der Waals surface area contributed by atoms with Gasteiger partial charge in [-0.05, 0) is 48.4 Å². The molecule has 2 heterocycles. The predicted octanol–water partition coefficient (Wildman–Crippen LogP) is 7.20. The Bertz CT molecular complexity index is 1250. The monoisotopic (exact) mass is 503 g/mol. The number of hydrogen-bond acceptors (Lipinski definition) is 3. The quantitative estimate of drug-likeness (QED) is 0.319. The molecule has 0 amide bonds. The molecular weight excluding hydrogens is 488 g/mol. The fourth-order valence-electron chi connectivity index (χ4n) is 4.17. The van der Waals surface area contributed by atoms with Gasteiger partial charge in [0.25, 0.3) is 0 Å². The zero-order valence-corrected chi connectivity index (χ0v) is 18.4. The molecule has 158 valence electrons. The summed E-state index contributed by atoms with van der Waals surface area (Å²) in [7, 11) is 0. The molecule has 0 unspecified atom stereocenters. The Labute approximate surface area is 190 Å². The second-order valence-corrected chi connectivity index (χ2v) is 8.71. The molecule has 5 rings (SSSR count). The maximum absolute atomic E-state index is 13.1. The summed E-state index contributed by atoms with van der Waals surface area (Å²) in [4.78, 5) is 4.76. The molecule has 0 fully saturated rings. The summed E-state index contributed by atoms with van der Waals surface area (Å²) in [5, 5.41) is 3.76. The minimum atomic E-state index is -2.94. The Balaban J connectivity index is 1.64. The molecule has 8 heteroatoms. The number of imidazole rings is 1. The first-order valence-corrected chi connectivity index (χ1v) is 10.9. The van der Waals surface area contributed by atoms with Gasteiger partial charge >= 0.3 is 6.61 Å². The number of rotatable bonds is 4. The molecule has 0 saturated carbocycles. The molecule has 31 heavy (non-hydrogen) atoms. The summed E-state index contributed by atoms with van der Waals surface area (Å²) in [5.74, 6) is 0.752. The maximum atomic E-state index is 13.1. The standard InChI is InChI=1S/C23H17BrClF2N3O/c24-14-7-5-13(6-8-14)20-12-18(16-10-9-15(25)11-21(16)31-22(26)27)29-23-28-17-3-1-2-4-19(17)30(20)23/h1-11,18,20,22H,12H2,(H,28,29)/t18-,20-/m1/s1. The summed E-state index contributed by atoms with van der Waals surface area (Å²) in [5.41, 5.74) is 3.60. The molecule has 1 aliphatic heterocycles. The van der Waals surface area contributed by atoms with E-state index in [0.717, 1.165) is 21.1 Å². The van der Waals surface area contributed by atoms with E-state index >= 15 is 0 Å². The molecule has 0 radical (unpaired) electrons. The molecule has 4 nitrogen and oxygen atoms in total. The zero-order chi connectivity index (χ0) is 21.5. The molecule has 0 aliphatic carbocycles. The van der Waals surface area contributed by atoms with E-state index in [1.165, 1.54) is 6.07 Å².